The number of aliphatic hydroxyl groups is 1. The zero-order chi connectivity index (χ0) is 10.3. The van der Waals surface area contributed by atoms with Crippen molar-refractivity contribution in [3.8, 4) is 0 Å². The number of rotatable bonds is 1. The van der Waals surface area contributed by atoms with Crippen molar-refractivity contribution < 1.29 is 5.11 Å². The molecule has 0 fully saturated rings. The minimum Gasteiger partial charge on any atom is -0.389 e. The molecule has 0 amide bonds. The lowest BCUT2D eigenvalue weighted by molar-refractivity contribution is 0.200. The van der Waals surface area contributed by atoms with Gasteiger partial charge in [0.2, 0.25) is 0 Å². The summed E-state index contributed by atoms with van der Waals surface area (Å²) in [7, 11) is 0. The van der Waals surface area contributed by atoms with Crippen molar-refractivity contribution in [3.63, 3.8) is 0 Å². The van der Waals surface area contributed by atoms with Crippen molar-refractivity contribution in [2.45, 2.75) is 26.9 Å². The summed E-state index contributed by atoms with van der Waals surface area (Å²) in [4.78, 5) is 3.32. The number of para-hydroxylation sites is 1. The molecule has 2 rings (SSSR count). The van der Waals surface area contributed by atoms with E-state index in [2.05, 4.69) is 24.9 Å². The molecule has 0 saturated heterocycles. The van der Waals surface area contributed by atoms with Gasteiger partial charge in [0.05, 0.1) is 11.6 Å². The lowest BCUT2D eigenvalue weighted by Gasteiger charge is -2.05. The van der Waals surface area contributed by atoms with E-state index >= 15 is 0 Å². The Labute approximate surface area is 83.6 Å². The van der Waals surface area contributed by atoms with Crippen molar-refractivity contribution in [2.24, 2.45) is 0 Å². The molecule has 1 atom stereocenters. The predicted octanol–water partition coefficient (Wildman–Crippen LogP) is 2.84. The molecular formula is C12H15NO. The van der Waals surface area contributed by atoms with Gasteiger partial charge in [-0.1, -0.05) is 18.2 Å². The molecule has 0 aliphatic heterocycles. The summed E-state index contributed by atoms with van der Waals surface area (Å²) in [6.07, 6.45) is -0.420. The summed E-state index contributed by atoms with van der Waals surface area (Å²) in [6, 6.07) is 6.03. The third-order valence-corrected chi connectivity index (χ3v) is 2.83. The summed E-state index contributed by atoms with van der Waals surface area (Å²) in [6.45, 7) is 5.95. The van der Waals surface area contributed by atoms with E-state index in [-0.39, 0.29) is 0 Å². The predicted molar refractivity (Wildman–Crippen MR) is 58.4 cm³/mol. The molecule has 0 saturated carbocycles. The topological polar surface area (TPSA) is 36.0 Å². The van der Waals surface area contributed by atoms with E-state index in [0.29, 0.717) is 0 Å². The number of hydrogen-bond acceptors (Lipinski definition) is 1. The Morgan fingerprint density at radius 1 is 1.29 bits per heavy atom. The van der Waals surface area contributed by atoms with Gasteiger partial charge in [0.15, 0.2) is 0 Å². The van der Waals surface area contributed by atoms with E-state index < -0.39 is 6.10 Å². The molecule has 2 N–H and O–H groups in total. The Hall–Kier alpha value is -1.28. The van der Waals surface area contributed by atoms with Gasteiger partial charge in [-0.25, -0.2) is 0 Å². The molecule has 1 unspecified atom stereocenters. The second-order valence-corrected chi connectivity index (χ2v) is 3.82. The molecule has 1 aromatic heterocycles. The zero-order valence-corrected chi connectivity index (χ0v) is 8.76. The summed E-state index contributed by atoms with van der Waals surface area (Å²) >= 11 is 0. The summed E-state index contributed by atoms with van der Waals surface area (Å²) in [5.41, 5.74) is 4.48. The largest absolute Gasteiger partial charge is 0.389 e. The second kappa shape index (κ2) is 3.14. The number of nitrogens with one attached hydrogen (secondary N) is 1. The number of aromatic nitrogens is 1. The van der Waals surface area contributed by atoms with Crippen LogP contribution in [0, 0.1) is 13.8 Å². The maximum atomic E-state index is 9.60. The number of benzene rings is 1. The van der Waals surface area contributed by atoms with Crippen molar-refractivity contribution in [2.75, 3.05) is 0 Å². The molecular weight excluding hydrogens is 174 g/mol. The van der Waals surface area contributed by atoms with Gasteiger partial charge in [0, 0.05) is 16.6 Å². The number of aryl methyl sites for hydroxylation is 2. The molecule has 14 heavy (non-hydrogen) atoms. The molecule has 0 radical (unpaired) electrons. The van der Waals surface area contributed by atoms with Gasteiger partial charge in [-0.3, -0.25) is 0 Å². The SMILES string of the molecule is Cc1[nH]c2c(C(C)O)cccc2c1C. The molecule has 0 aliphatic carbocycles. The van der Waals surface area contributed by atoms with Gasteiger partial charge in [0.1, 0.15) is 0 Å². The molecule has 2 aromatic rings. The second-order valence-electron chi connectivity index (χ2n) is 3.82. The smallest absolute Gasteiger partial charge is 0.0782 e. The normalized spacial score (nSPS) is 13.4. The highest BCUT2D eigenvalue weighted by molar-refractivity contribution is 5.87. The highest BCUT2D eigenvalue weighted by Gasteiger charge is 2.10. The Morgan fingerprint density at radius 3 is 2.64 bits per heavy atom. The monoisotopic (exact) mass is 189 g/mol. The van der Waals surface area contributed by atoms with E-state index in [1.807, 2.05) is 12.1 Å². The molecule has 1 heterocycles. The number of hydrogen-bond donors (Lipinski definition) is 2. The van der Waals surface area contributed by atoms with Crippen molar-refractivity contribution >= 4 is 10.9 Å². The molecule has 2 nitrogen and oxygen atoms in total. The van der Waals surface area contributed by atoms with Crippen LogP contribution in [-0.4, -0.2) is 10.1 Å². The number of fused-ring (bicyclic) bond motifs is 1. The van der Waals surface area contributed by atoms with Crippen LogP contribution in [0.1, 0.15) is 29.8 Å². The van der Waals surface area contributed by atoms with E-state index in [9.17, 15) is 5.11 Å². The Bertz CT molecular complexity index is 468. The van der Waals surface area contributed by atoms with E-state index in [4.69, 9.17) is 0 Å². The minimum absolute atomic E-state index is 0.420. The Balaban J connectivity index is 2.81. The van der Waals surface area contributed by atoms with Gasteiger partial charge in [-0.2, -0.15) is 0 Å². The van der Waals surface area contributed by atoms with Crippen molar-refractivity contribution in [3.05, 3.63) is 35.0 Å². The van der Waals surface area contributed by atoms with Gasteiger partial charge in [-0.05, 0) is 26.3 Å². The quantitative estimate of drug-likeness (QED) is 0.711. The van der Waals surface area contributed by atoms with Crippen LogP contribution < -0.4 is 0 Å². The van der Waals surface area contributed by atoms with Crippen LogP contribution in [0.5, 0.6) is 0 Å². The highest BCUT2D eigenvalue weighted by Crippen LogP contribution is 2.27. The highest BCUT2D eigenvalue weighted by atomic mass is 16.3. The summed E-state index contributed by atoms with van der Waals surface area (Å²) < 4.78 is 0. The Morgan fingerprint density at radius 2 is 2.00 bits per heavy atom. The fourth-order valence-corrected chi connectivity index (χ4v) is 1.85. The lowest BCUT2D eigenvalue weighted by Crippen LogP contribution is -1.91. The summed E-state index contributed by atoms with van der Waals surface area (Å²) in [5.74, 6) is 0. The van der Waals surface area contributed by atoms with Gasteiger partial charge >= 0.3 is 0 Å². The third kappa shape index (κ3) is 1.23. The van der Waals surface area contributed by atoms with Crippen LogP contribution in [0.4, 0.5) is 0 Å². The first-order valence-corrected chi connectivity index (χ1v) is 4.87. The third-order valence-electron chi connectivity index (χ3n) is 2.83. The van der Waals surface area contributed by atoms with Crippen LogP contribution in [0.3, 0.4) is 0 Å². The van der Waals surface area contributed by atoms with Crippen LogP contribution in [-0.2, 0) is 0 Å². The van der Waals surface area contributed by atoms with Gasteiger partial charge < -0.3 is 10.1 Å². The molecule has 2 heteroatoms. The van der Waals surface area contributed by atoms with Crippen molar-refractivity contribution in [1.29, 1.82) is 0 Å². The van der Waals surface area contributed by atoms with Gasteiger partial charge in [0.25, 0.3) is 0 Å². The number of aliphatic hydroxyl groups excluding tert-OH is 1. The van der Waals surface area contributed by atoms with Crippen LogP contribution >= 0.6 is 0 Å². The average molecular weight is 189 g/mol. The Kier molecular flexibility index (Phi) is 2.08. The van der Waals surface area contributed by atoms with Gasteiger partial charge in [-0.15, -0.1) is 0 Å². The fourth-order valence-electron chi connectivity index (χ4n) is 1.85. The van der Waals surface area contributed by atoms with E-state index in [1.54, 1.807) is 6.92 Å². The van der Waals surface area contributed by atoms with Crippen LogP contribution in [0.15, 0.2) is 18.2 Å². The first kappa shape index (κ1) is 9.28. The zero-order valence-electron chi connectivity index (χ0n) is 8.76. The molecule has 0 aliphatic rings. The van der Waals surface area contributed by atoms with E-state index in [1.165, 1.54) is 16.6 Å². The fraction of sp³-hybridized carbons (Fsp3) is 0.333. The summed E-state index contributed by atoms with van der Waals surface area (Å²) in [5, 5.41) is 10.8. The van der Waals surface area contributed by atoms with Crippen LogP contribution in [0.2, 0.25) is 0 Å². The van der Waals surface area contributed by atoms with Crippen molar-refractivity contribution in [1.82, 2.24) is 4.98 Å². The van der Waals surface area contributed by atoms with Crippen LogP contribution in [0.25, 0.3) is 10.9 Å². The number of aromatic amines is 1. The molecule has 1 aromatic carbocycles. The maximum Gasteiger partial charge on any atom is 0.0782 e. The van der Waals surface area contributed by atoms with E-state index in [0.717, 1.165) is 11.1 Å². The first-order chi connectivity index (χ1) is 6.61. The molecule has 0 spiro atoms. The molecule has 74 valence electrons. The minimum atomic E-state index is -0.420. The maximum absolute atomic E-state index is 9.60. The number of H-pyrrole nitrogens is 1. The molecule has 0 bridgehead atoms. The standard InChI is InChI=1S/C12H15NO/c1-7-8(2)13-12-10(7)5-4-6-11(12)9(3)14/h4-6,9,13-14H,1-3H3. The average Bonchev–Trinajstić information content (AvgIpc) is 2.43. The lowest BCUT2D eigenvalue weighted by atomic mass is 10.1. The first-order valence-electron chi connectivity index (χ1n) is 4.87.